The number of carbonyl (C=O) groups excluding carboxylic acids is 1. The van der Waals surface area contributed by atoms with Gasteiger partial charge in [-0.05, 0) is 49.0 Å². The van der Waals surface area contributed by atoms with E-state index in [1.807, 2.05) is 41.3 Å². The molecule has 8 heteroatoms. The number of hydrogen-bond acceptors (Lipinski definition) is 5. The lowest BCUT2D eigenvalue weighted by molar-refractivity contribution is 0.0664. The molecular weight excluding hydrogens is 414 g/mol. The number of carbonyl (C=O) groups is 1. The van der Waals surface area contributed by atoms with Crippen molar-refractivity contribution < 1.29 is 4.79 Å². The molecule has 1 aromatic heterocycles. The van der Waals surface area contributed by atoms with E-state index in [1.54, 1.807) is 30.5 Å². The number of likely N-dealkylation sites (N-methyl/N-ethyl adjacent to an activating group) is 1. The number of piperazine rings is 1. The Kier molecular flexibility index (Phi) is 6.62. The zero-order valence-electron chi connectivity index (χ0n) is 18.4. The van der Waals surface area contributed by atoms with Crippen molar-refractivity contribution in [3.8, 4) is 17.2 Å². The van der Waals surface area contributed by atoms with Gasteiger partial charge in [0.25, 0.3) is 5.91 Å². The van der Waals surface area contributed by atoms with Crippen LogP contribution in [0, 0.1) is 11.3 Å². The van der Waals surface area contributed by atoms with Crippen LogP contribution in [0.1, 0.15) is 15.9 Å². The zero-order chi connectivity index (χ0) is 23.2. The minimum Gasteiger partial charge on any atom is -0.369 e. The van der Waals surface area contributed by atoms with Crippen molar-refractivity contribution in [3.05, 3.63) is 78.0 Å². The fourth-order valence-corrected chi connectivity index (χ4v) is 3.63. The van der Waals surface area contributed by atoms with Crippen LogP contribution >= 0.6 is 0 Å². The van der Waals surface area contributed by atoms with Crippen LogP contribution in [-0.4, -0.2) is 59.9 Å². The summed E-state index contributed by atoms with van der Waals surface area (Å²) < 4.78 is 0. The maximum atomic E-state index is 12.9. The molecule has 166 valence electrons. The topological polar surface area (TPSA) is 111 Å². The van der Waals surface area contributed by atoms with E-state index in [0.29, 0.717) is 22.6 Å². The molecule has 1 aliphatic rings. The van der Waals surface area contributed by atoms with E-state index in [9.17, 15) is 10.1 Å². The molecule has 0 aliphatic carbocycles. The van der Waals surface area contributed by atoms with Gasteiger partial charge in [0.05, 0.1) is 11.3 Å². The number of anilines is 1. The monoisotopic (exact) mass is 439 g/mol. The second-order valence-electron chi connectivity index (χ2n) is 7.86. The molecule has 1 amide bonds. The molecule has 1 aliphatic heterocycles. The maximum absolute atomic E-state index is 12.9. The summed E-state index contributed by atoms with van der Waals surface area (Å²) in [6, 6.07) is 20.4. The summed E-state index contributed by atoms with van der Waals surface area (Å²) >= 11 is 0. The summed E-state index contributed by atoms with van der Waals surface area (Å²) in [5.74, 6) is 0.621. The standard InChI is InChI=1S/C25H25N7O/c1-31-11-13-32(14-12-31)24(33)19-7-4-6-18(15-19)21-9-10-23(28-17-21)30-25(27)29-22-8-3-2-5-20(22)16-26/h2-10,15,17H,11-14H2,1H3,(H3,27,28,29,30). The lowest BCUT2D eigenvalue weighted by atomic mass is 10.0. The van der Waals surface area contributed by atoms with Crippen LogP contribution in [0.5, 0.6) is 0 Å². The molecule has 1 fully saturated rings. The van der Waals surface area contributed by atoms with Crippen molar-refractivity contribution in [1.29, 1.82) is 5.26 Å². The lowest BCUT2D eigenvalue weighted by Gasteiger charge is -2.32. The Hall–Kier alpha value is -4.22. The zero-order valence-corrected chi connectivity index (χ0v) is 18.4. The van der Waals surface area contributed by atoms with Crippen LogP contribution < -0.4 is 11.1 Å². The lowest BCUT2D eigenvalue weighted by Crippen LogP contribution is -2.47. The smallest absolute Gasteiger partial charge is 0.253 e. The van der Waals surface area contributed by atoms with Crippen LogP contribution in [0.2, 0.25) is 0 Å². The number of nitrogens with two attached hydrogens (primary N) is 1. The van der Waals surface area contributed by atoms with E-state index in [1.165, 1.54) is 0 Å². The number of guanidine groups is 1. The summed E-state index contributed by atoms with van der Waals surface area (Å²) in [7, 11) is 2.07. The predicted octanol–water partition coefficient (Wildman–Crippen LogP) is 3.07. The molecule has 0 radical (unpaired) electrons. The van der Waals surface area contributed by atoms with Gasteiger partial charge in [0.2, 0.25) is 0 Å². The Morgan fingerprint density at radius 2 is 1.85 bits per heavy atom. The molecule has 4 rings (SSSR count). The predicted molar refractivity (Wildman–Crippen MR) is 129 cm³/mol. The van der Waals surface area contributed by atoms with Gasteiger partial charge in [0.15, 0.2) is 11.8 Å². The average molecular weight is 440 g/mol. The van der Waals surface area contributed by atoms with Crippen LogP contribution in [-0.2, 0) is 0 Å². The molecular formula is C25H25N7O. The first kappa shape index (κ1) is 22.0. The molecule has 2 heterocycles. The molecule has 2 aromatic carbocycles. The number of hydrogen-bond donors (Lipinski definition) is 2. The molecule has 0 spiro atoms. The van der Waals surface area contributed by atoms with E-state index < -0.39 is 0 Å². The van der Waals surface area contributed by atoms with Crippen molar-refractivity contribution in [2.75, 3.05) is 38.5 Å². The van der Waals surface area contributed by atoms with E-state index in [4.69, 9.17) is 5.73 Å². The third-order valence-electron chi connectivity index (χ3n) is 5.53. The van der Waals surface area contributed by atoms with E-state index in [-0.39, 0.29) is 11.9 Å². The molecule has 3 N–H and O–H groups in total. The van der Waals surface area contributed by atoms with Gasteiger partial charge in [-0.2, -0.15) is 10.3 Å². The molecule has 3 aromatic rings. The first-order valence-corrected chi connectivity index (χ1v) is 10.7. The number of amides is 1. The second-order valence-corrected chi connectivity index (χ2v) is 7.86. The van der Waals surface area contributed by atoms with Gasteiger partial charge in [-0.15, -0.1) is 0 Å². The Labute approximate surface area is 193 Å². The molecule has 0 bridgehead atoms. The Morgan fingerprint density at radius 1 is 1.06 bits per heavy atom. The highest BCUT2D eigenvalue weighted by Gasteiger charge is 2.20. The molecule has 1 saturated heterocycles. The molecule has 33 heavy (non-hydrogen) atoms. The van der Waals surface area contributed by atoms with Gasteiger partial charge < -0.3 is 20.9 Å². The molecule has 0 atom stereocenters. The van der Waals surface area contributed by atoms with Gasteiger partial charge >= 0.3 is 0 Å². The number of rotatable bonds is 4. The SMILES string of the molecule is CN1CCN(C(=O)c2cccc(-c3ccc(N=C(N)Nc4ccccc4C#N)nc3)c2)CC1. The fourth-order valence-electron chi connectivity index (χ4n) is 3.63. The Morgan fingerprint density at radius 3 is 2.58 bits per heavy atom. The van der Waals surface area contributed by atoms with Crippen LogP contribution in [0.25, 0.3) is 11.1 Å². The van der Waals surface area contributed by atoms with Gasteiger partial charge in [-0.25, -0.2) is 4.98 Å². The van der Waals surface area contributed by atoms with Crippen molar-refractivity contribution in [2.45, 2.75) is 0 Å². The largest absolute Gasteiger partial charge is 0.369 e. The minimum absolute atomic E-state index is 0.0515. The number of pyridine rings is 1. The van der Waals surface area contributed by atoms with E-state index in [2.05, 4.69) is 33.3 Å². The van der Waals surface area contributed by atoms with Gasteiger partial charge in [0, 0.05) is 43.5 Å². The number of aromatic nitrogens is 1. The number of nitrogens with one attached hydrogen (secondary N) is 1. The number of para-hydroxylation sites is 1. The van der Waals surface area contributed by atoms with Crippen LogP contribution in [0.4, 0.5) is 11.5 Å². The highest BCUT2D eigenvalue weighted by Crippen LogP contribution is 2.23. The van der Waals surface area contributed by atoms with Gasteiger partial charge in [-0.1, -0.05) is 24.3 Å². The van der Waals surface area contributed by atoms with E-state index >= 15 is 0 Å². The third kappa shape index (κ3) is 5.34. The fraction of sp³-hybridized carbons (Fsp3) is 0.200. The Balaban J connectivity index is 1.47. The third-order valence-corrected chi connectivity index (χ3v) is 5.53. The van der Waals surface area contributed by atoms with Crippen molar-refractivity contribution in [3.63, 3.8) is 0 Å². The van der Waals surface area contributed by atoms with Gasteiger partial charge in [-0.3, -0.25) is 4.79 Å². The number of aliphatic imine (C=N–C) groups is 1. The summed E-state index contributed by atoms with van der Waals surface area (Å²) in [6.45, 7) is 3.25. The summed E-state index contributed by atoms with van der Waals surface area (Å²) in [5, 5.41) is 12.1. The summed E-state index contributed by atoms with van der Waals surface area (Å²) in [5.41, 5.74) is 9.50. The highest BCUT2D eigenvalue weighted by molar-refractivity contribution is 5.96. The first-order chi connectivity index (χ1) is 16.0. The molecule has 0 saturated carbocycles. The van der Waals surface area contributed by atoms with E-state index in [0.717, 1.165) is 37.3 Å². The normalized spacial score (nSPS) is 14.5. The summed E-state index contributed by atoms with van der Waals surface area (Å²) in [4.78, 5) is 25.7. The number of nitrogens with zero attached hydrogens (tertiary/aromatic N) is 5. The number of benzene rings is 2. The first-order valence-electron chi connectivity index (χ1n) is 10.7. The quantitative estimate of drug-likeness (QED) is 0.477. The molecule has 8 nitrogen and oxygen atoms in total. The summed E-state index contributed by atoms with van der Waals surface area (Å²) in [6.07, 6.45) is 1.70. The average Bonchev–Trinajstić information content (AvgIpc) is 2.85. The van der Waals surface area contributed by atoms with Gasteiger partial charge in [0.1, 0.15) is 6.07 Å². The highest BCUT2D eigenvalue weighted by atomic mass is 16.2. The van der Waals surface area contributed by atoms with Crippen molar-refractivity contribution >= 4 is 23.4 Å². The van der Waals surface area contributed by atoms with Crippen LogP contribution in [0.3, 0.4) is 0 Å². The van der Waals surface area contributed by atoms with Crippen molar-refractivity contribution in [1.82, 2.24) is 14.8 Å². The second kappa shape index (κ2) is 9.94. The number of nitriles is 1. The minimum atomic E-state index is 0.0515. The van der Waals surface area contributed by atoms with Crippen molar-refractivity contribution in [2.24, 2.45) is 10.7 Å². The maximum Gasteiger partial charge on any atom is 0.253 e. The Bertz CT molecular complexity index is 1210. The van der Waals surface area contributed by atoms with Crippen LogP contribution in [0.15, 0.2) is 71.9 Å². The molecule has 0 unspecified atom stereocenters.